The third-order valence-corrected chi connectivity index (χ3v) is 3.00. The summed E-state index contributed by atoms with van der Waals surface area (Å²) in [6.45, 7) is 3.78. The van der Waals surface area contributed by atoms with E-state index in [-0.39, 0.29) is 30.9 Å². The van der Waals surface area contributed by atoms with E-state index >= 15 is 0 Å². The van der Waals surface area contributed by atoms with Crippen LogP contribution in [0.1, 0.15) is 18.2 Å². The van der Waals surface area contributed by atoms with Gasteiger partial charge in [0.25, 0.3) is 0 Å². The molecule has 0 aromatic carbocycles. The first-order valence-electron chi connectivity index (χ1n) is 5.38. The van der Waals surface area contributed by atoms with Gasteiger partial charge in [-0.25, -0.2) is 0 Å². The molecule has 1 fully saturated rings. The van der Waals surface area contributed by atoms with Gasteiger partial charge >= 0.3 is 0 Å². The van der Waals surface area contributed by atoms with Gasteiger partial charge in [-0.1, -0.05) is 0 Å². The van der Waals surface area contributed by atoms with E-state index in [9.17, 15) is 0 Å². The van der Waals surface area contributed by atoms with Crippen LogP contribution < -0.4 is 5.32 Å². The highest BCUT2D eigenvalue weighted by atomic mass is 35.5. The fourth-order valence-corrected chi connectivity index (χ4v) is 2.15. The average Bonchev–Trinajstić information content (AvgIpc) is 2.74. The second-order valence-electron chi connectivity index (χ2n) is 3.81. The molecule has 0 unspecified atom stereocenters. The van der Waals surface area contributed by atoms with Crippen LogP contribution in [-0.2, 0) is 0 Å². The van der Waals surface area contributed by atoms with Crippen LogP contribution in [0.15, 0.2) is 16.5 Å². The van der Waals surface area contributed by atoms with Gasteiger partial charge in [-0.2, -0.15) is 5.26 Å². The summed E-state index contributed by atoms with van der Waals surface area (Å²) in [6.07, 6.45) is 0.434. The lowest BCUT2D eigenvalue weighted by Crippen LogP contribution is -2.45. The quantitative estimate of drug-likeness (QED) is 0.932. The minimum atomic E-state index is 0. The molecule has 1 saturated heterocycles. The van der Waals surface area contributed by atoms with Crippen LogP contribution in [0.3, 0.4) is 0 Å². The summed E-state index contributed by atoms with van der Waals surface area (Å²) in [7, 11) is 0. The number of hydrogen-bond acceptors (Lipinski definition) is 4. The Balaban J connectivity index is 0.00000144. The monoisotopic (exact) mass is 311 g/mol. The van der Waals surface area contributed by atoms with Crippen LogP contribution in [0.25, 0.3) is 0 Å². The maximum atomic E-state index is 8.87. The molecule has 1 aliphatic rings. The number of furan rings is 1. The molecular weight excluding hydrogens is 297 g/mol. The third-order valence-electron chi connectivity index (χ3n) is 2.80. The van der Waals surface area contributed by atoms with Gasteiger partial charge in [0.1, 0.15) is 5.76 Å². The van der Waals surface area contributed by atoms with Crippen LogP contribution in [0.5, 0.6) is 0 Å². The summed E-state index contributed by atoms with van der Waals surface area (Å²) in [5.74, 6) is 0.786. The number of nitrogens with zero attached hydrogens (tertiary/aromatic N) is 2. The number of piperazine rings is 1. The first-order chi connectivity index (χ1) is 7.81. The maximum Gasteiger partial charge on any atom is 0.193 e. The molecule has 0 bridgehead atoms. The highest BCUT2D eigenvalue weighted by Crippen LogP contribution is 2.27. The van der Waals surface area contributed by atoms with Gasteiger partial charge in [0.05, 0.1) is 18.5 Å². The Morgan fingerprint density at radius 3 is 2.56 bits per heavy atom. The normalized spacial score (nSPS) is 17.1. The Labute approximate surface area is 124 Å². The molecular formula is C11H16Cl3N3O. The van der Waals surface area contributed by atoms with Crippen LogP contribution in [0, 0.1) is 11.3 Å². The zero-order valence-corrected chi connectivity index (χ0v) is 12.2. The molecule has 1 aromatic rings. The number of nitrogens with one attached hydrogen (secondary N) is 1. The standard InChI is InChI=1S/C11H14ClN3O.2ClH/c12-11-2-1-10(16-11)9(3-4-13)15-7-5-14-6-8-15;;/h1-2,9,14H,3,5-8H2;2*1H/t9-;;/m0../s1. The molecule has 0 spiro atoms. The van der Waals surface area contributed by atoms with Crippen molar-refractivity contribution < 1.29 is 4.42 Å². The summed E-state index contributed by atoms with van der Waals surface area (Å²) in [5.41, 5.74) is 0. The van der Waals surface area contributed by atoms with Crippen molar-refractivity contribution in [3.8, 4) is 6.07 Å². The lowest BCUT2D eigenvalue weighted by Gasteiger charge is -2.32. The Hall–Kier alpha value is -0.440. The van der Waals surface area contributed by atoms with Crippen LogP contribution in [0.2, 0.25) is 5.22 Å². The maximum absolute atomic E-state index is 8.87. The molecule has 0 saturated carbocycles. The summed E-state index contributed by atoms with van der Waals surface area (Å²) in [5, 5.41) is 12.5. The molecule has 1 N–H and O–H groups in total. The van der Waals surface area contributed by atoms with Gasteiger partial charge in [0.15, 0.2) is 5.22 Å². The first-order valence-corrected chi connectivity index (χ1v) is 5.76. The van der Waals surface area contributed by atoms with Crippen molar-refractivity contribution in [1.82, 2.24) is 10.2 Å². The highest BCUT2D eigenvalue weighted by Gasteiger charge is 2.24. The predicted octanol–water partition coefficient (Wildman–Crippen LogP) is 2.64. The Kier molecular flexibility index (Phi) is 8.41. The summed E-state index contributed by atoms with van der Waals surface area (Å²) in [4.78, 5) is 2.26. The van der Waals surface area contributed by atoms with E-state index < -0.39 is 0 Å². The molecule has 0 amide bonds. The number of nitriles is 1. The molecule has 1 aromatic heterocycles. The van der Waals surface area contributed by atoms with Crippen LogP contribution in [-0.4, -0.2) is 31.1 Å². The van der Waals surface area contributed by atoms with E-state index in [4.69, 9.17) is 21.3 Å². The average molecular weight is 313 g/mol. The van der Waals surface area contributed by atoms with Crippen molar-refractivity contribution in [2.75, 3.05) is 26.2 Å². The fourth-order valence-electron chi connectivity index (χ4n) is 2.00. The Bertz CT molecular complexity index is 385. The smallest absolute Gasteiger partial charge is 0.193 e. The molecule has 1 aliphatic heterocycles. The van der Waals surface area contributed by atoms with E-state index in [1.807, 2.05) is 6.07 Å². The summed E-state index contributed by atoms with van der Waals surface area (Å²) in [6, 6.07) is 5.81. The molecule has 18 heavy (non-hydrogen) atoms. The van der Waals surface area contributed by atoms with E-state index in [1.165, 1.54) is 0 Å². The molecule has 2 heterocycles. The lowest BCUT2D eigenvalue weighted by atomic mass is 10.1. The van der Waals surface area contributed by atoms with Crippen molar-refractivity contribution >= 4 is 36.4 Å². The van der Waals surface area contributed by atoms with Crippen LogP contribution >= 0.6 is 36.4 Å². The molecule has 4 nitrogen and oxygen atoms in total. The number of halogens is 3. The van der Waals surface area contributed by atoms with E-state index in [0.717, 1.165) is 31.9 Å². The summed E-state index contributed by atoms with van der Waals surface area (Å²) < 4.78 is 5.40. The highest BCUT2D eigenvalue weighted by molar-refractivity contribution is 6.28. The zero-order chi connectivity index (χ0) is 11.4. The Morgan fingerprint density at radius 2 is 2.06 bits per heavy atom. The van der Waals surface area contributed by atoms with Gasteiger partial charge in [-0.15, -0.1) is 24.8 Å². The molecule has 2 rings (SSSR count). The van der Waals surface area contributed by atoms with Crippen LogP contribution in [0.4, 0.5) is 0 Å². The number of hydrogen-bond donors (Lipinski definition) is 1. The van der Waals surface area contributed by atoms with Gasteiger partial charge in [0, 0.05) is 26.2 Å². The fraction of sp³-hybridized carbons (Fsp3) is 0.545. The van der Waals surface area contributed by atoms with Crippen molar-refractivity contribution in [3.05, 3.63) is 23.1 Å². The topological polar surface area (TPSA) is 52.2 Å². The molecule has 0 radical (unpaired) electrons. The van der Waals surface area contributed by atoms with E-state index in [0.29, 0.717) is 11.6 Å². The first kappa shape index (κ1) is 17.6. The predicted molar refractivity (Wildman–Crippen MR) is 75.6 cm³/mol. The molecule has 1 atom stereocenters. The van der Waals surface area contributed by atoms with Gasteiger partial charge in [-0.05, 0) is 23.7 Å². The minimum Gasteiger partial charge on any atom is -0.448 e. The number of rotatable bonds is 3. The molecule has 0 aliphatic carbocycles. The SMILES string of the molecule is Cl.Cl.N#CC[C@@H](c1ccc(Cl)o1)N1CCNCC1. The van der Waals surface area contributed by atoms with Gasteiger partial charge < -0.3 is 9.73 Å². The largest absolute Gasteiger partial charge is 0.448 e. The van der Waals surface area contributed by atoms with Crippen molar-refractivity contribution in [2.24, 2.45) is 0 Å². The van der Waals surface area contributed by atoms with E-state index in [2.05, 4.69) is 16.3 Å². The minimum absolute atomic E-state index is 0. The molecule has 7 heteroatoms. The van der Waals surface area contributed by atoms with Crippen molar-refractivity contribution in [2.45, 2.75) is 12.5 Å². The lowest BCUT2D eigenvalue weighted by molar-refractivity contribution is 0.157. The second-order valence-corrected chi connectivity index (χ2v) is 4.18. The van der Waals surface area contributed by atoms with Crippen molar-refractivity contribution in [3.63, 3.8) is 0 Å². The van der Waals surface area contributed by atoms with Crippen molar-refractivity contribution in [1.29, 1.82) is 5.26 Å². The van der Waals surface area contributed by atoms with Gasteiger partial charge in [0.2, 0.25) is 0 Å². The van der Waals surface area contributed by atoms with Gasteiger partial charge in [-0.3, -0.25) is 4.90 Å². The summed E-state index contributed by atoms with van der Waals surface area (Å²) >= 11 is 5.76. The third kappa shape index (κ3) is 4.34. The van der Waals surface area contributed by atoms with E-state index in [1.54, 1.807) is 6.07 Å². The Morgan fingerprint density at radius 1 is 1.39 bits per heavy atom. The zero-order valence-electron chi connectivity index (χ0n) is 9.76. The molecule has 102 valence electrons. The second kappa shape index (κ2) is 8.63.